The molecule has 0 saturated carbocycles. The van der Waals surface area contributed by atoms with Gasteiger partial charge in [0.05, 0.1) is 5.92 Å². The van der Waals surface area contributed by atoms with Crippen LogP contribution in [0.4, 0.5) is 0 Å². The van der Waals surface area contributed by atoms with Gasteiger partial charge in [-0.2, -0.15) is 0 Å². The monoisotopic (exact) mass is 610 g/mol. The molecule has 0 amide bonds. The highest BCUT2D eigenvalue weighted by atomic mass is 16.6. The fourth-order valence-electron chi connectivity index (χ4n) is 5.72. The molecule has 0 heterocycles. The van der Waals surface area contributed by atoms with Crippen LogP contribution in [-0.2, 0) is 19.1 Å². The molecule has 0 bridgehead atoms. The molecule has 2 atom stereocenters. The van der Waals surface area contributed by atoms with E-state index < -0.39 is 0 Å². The van der Waals surface area contributed by atoms with E-state index in [0.717, 1.165) is 45.1 Å². The summed E-state index contributed by atoms with van der Waals surface area (Å²) >= 11 is 0. The largest absolute Gasteiger partial charge is 0.462 e. The highest BCUT2D eigenvalue weighted by Crippen LogP contribution is 2.17. The van der Waals surface area contributed by atoms with Gasteiger partial charge in [-0.3, -0.25) is 9.59 Å². The van der Waals surface area contributed by atoms with Gasteiger partial charge in [-0.1, -0.05) is 162 Å². The molecule has 0 aromatic heterocycles. The lowest BCUT2D eigenvalue weighted by Gasteiger charge is -2.20. The fourth-order valence-corrected chi connectivity index (χ4v) is 5.72. The van der Waals surface area contributed by atoms with Crippen LogP contribution in [-0.4, -0.2) is 50.2 Å². The topological polar surface area (TPSA) is 55.8 Å². The molecule has 256 valence electrons. The summed E-state index contributed by atoms with van der Waals surface area (Å²) in [5, 5.41) is 0. The SMILES string of the molecule is CCCCCCCCCCCCCCC(C)C(=O)OCC(CCCCCCCCCCCCC)OC(=O)CCCN(C)C. The Bertz CT molecular complexity index is 609. The zero-order chi connectivity index (χ0) is 31.8. The van der Waals surface area contributed by atoms with E-state index in [-0.39, 0.29) is 30.6 Å². The van der Waals surface area contributed by atoms with E-state index in [1.54, 1.807) is 0 Å². The first-order valence-corrected chi connectivity index (χ1v) is 18.9. The minimum absolute atomic E-state index is 0.0958. The Morgan fingerprint density at radius 3 is 1.37 bits per heavy atom. The van der Waals surface area contributed by atoms with Crippen molar-refractivity contribution in [2.45, 2.75) is 200 Å². The summed E-state index contributed by atoms with van der Waals surface area (Å²) in [4.78, 5) is 27.3. The lowest BCUT2D eigenvalue weighted by molar-refractivity contribution is -0.161. The molecule has 0 aliphatic heterocycles. The Morgan fingerprint density at radius 1 is 0.558 bits per heavy atom. The number of carbonyl (C=O) groups excluding carboxylic acids is 2. The second-order valence-corrected chi connectivity index (χ2v) is 13.6. The number of carbonyl (C=O) groups is 2. The first kappa shape index (κ1) is 41.9. The molecule has 0 radical (unpaired) electrons. The molecule has 43 heavy (non-hydrogen) atoms. The van der Waals surface area contributed by atoms with E-state index in [0.29, 0.717) is 6.42 Å². The predicted octanol–water partition coefficient (Wildman–Crippen LogP) is 11.2. The quantitative estimate of drug-likeness (QED) is 0.0547. The van der Waals surface area contributed by atoms with Gasteiger partial charge in [0.25, 0.3) is 0 Å². The van der Waals surface area contributed by atoms with Crippen molar-refractivity contribution in [2.75, 3.05) is 27.2 Å². The fraction of sp³-hybridized carbons (Fsp3) is 0.947. The van der Waals surface area contributed by atoms with Gasteiger partial charge in [0.1, 0.15) is 12.7 Å². The van der Waals surface area contributed by atoms with Crippen LogP contribution in [0.3, 0.4) is 0 Å². The smallest absolute Gasteiger partial charge is 0.308 e. The summed E-state index contributed by atoms with van der Waals surface area (Å²) in [6.07, 6.45) is 32.6. The van der Waals surface area contributed by atoms with Gasteiger partial charge in [-0.05, 0) is 46.3 Å². The summed E-state index contributed by atoms with van der Waals surface area (Å²) in [7, 11) is 4.02. The van der Waals surface area contributed by atoms with E-state index in [2.05, 4.69) is 18.7 Å². The van der Waals surface area contributed by atoms with E-state index in [4.69, 9.17) is 9.47 Å². The standard InChI is InChI=1S/C38H75NO4/c1-6-8-10-12-14-16-18-20-21-23-25-27-30-35(3)38(41)42-34-36(43-37(40)32-29-33-39(4)5)31-28-26-24-22-19-17-15-13-11-9-7-2/h35-36H,6-34H2,1-5H3. The van der Waals surface area contributed by atoms with Crippen LogP contribution >= 0.6 is 0 Å². The van der Waals surface area contributed by atoms with Crippen LogP contribution in [0.2, 0.25) is 0 Å². The first-order chi connectivity index (χ1) is 20.9. The molecule has 0 rings (SSSR count). The van der Waals surface area contributed by atoms with Crippen molar-refractivity contribution in [1.29, 1.82) is 0 Å². The van der Waals surface area contributed by atoms with E-state index in [1.165, 1.54) is 128 Å². The second kappa shape index (κ2) is 32.3. The maximum Gasteiger partial charge on any atom is 0.308 e. The van der Waals surface area contributed by atoms with Crippen molar-refractivity contribution < 1.29 is 19.1 Å². The maximum atomic E-state index is 12.7. The zero-order valence-electron chi connectivity index (χ0n) is 29.7. The summed E-state index contributed by atoms with van der Waals surface area (Å²) in [6.45, 7) is 7.58. The van der Waals surface area contributed by atoms with Crippen molar-refractivity contribution >= 4 is 11.9 Å². The lowest BCUT2D eigenvalue weighted by atomic mass is 10.0. The van der Waals surface area contributed by atoms with Gasteiger partial charge in [0.15, 0.2) is 0 Å². The minimum Gasteiger partial charge on any atom is -0.462 e. The third-order valence-electron chi connectivity index (χ3n) is 8.72. The second-order valence-electron chi connectivity index (χ2n) is 13.6. The normalized spacial score (nSPS) is 12.9. The summed E-state index contributed by atoms with van der Waals surface area (Å²) < 4.78 is 11.5. The molecule has 5 heteroatoms. The van der Waals surface area contributed by atoms with Gasteiger partial charge < -0.3 is 14.4 Å². The van der Waals surface area contributed by atoms with Gasteiger partial charge in [-0.25, -0.2) is 0 Å². The molecule has 2 unspecified atom stereocenters. The van der Waals surface area contributed by atoms with Crippen molar-refractivity contribution in [3.63, 3.8) is 0 Å². The number of hydrogen-bond donors (Lipinski definition) is 0. The molecule has 0 saturated heterocycles. The number of esters is 2. The first-order valence-electron chi connectivity index (χ1n) is 18.9. The molecule has 0 aliphatic rings. The summed E-state index contributed by atoms with van der Waals surface area (Å²) in [6, 6.07) is 0. The Hall–Kier alpha value is -1.10. The lowest BCUT2D eigenvalue weighted by Crippen LogP contribution is -2.27. The number of rotatable bonds is 33. The van der Waals surface area contributed by atoms with Gasteiger partial charge >= 0.3 is 11.9 Å². The highest BCUT2D eigenvalue weighted by molar-refractivity contribution is 5.72. The predicted molar refractivity (Wildman–Crippen MR) is 185 cm³/mol. The van der Waals surface area contributed by atoms with Gasteiger partial charge in [-0.15, -0.1) is 0 Å². The Kier molecular flexibility index (Phi) is 31.5. The maximum absolute atomic E-state index is 12.7. The van der Waals surface area contributed by atoms with Crippen LogP contribution in [0.25, 0.3) is 0 Å². The molecule has 0 aromatic rings. The average Bonchev–Trinajstić information content (AvgIpc) is 2.98. The van der Waals surface area contributed by atoms with Crippen LogP contribution in [0.15, 0.2) is 0 Å². The number of nitrogens with zero attached hydrogens (tertiary/aromatic N) is 1. The third-order valence-corrected chi connectivity index (χ3v) is 8.72. The van der Waals surface area contributed by atoms with Crippen molar-refractivity contribution in [1.82, 2.24) is 4.90 Å². The minimum atomic E-state index is -0.326. The third kappa shape index (κ3) is 30.7. The zero-order valence-corrected chi connectivity index (χ0v) is 29.7. The van der Waals surface area contributed by atoms with Crippen LogP contribution in [0.5, 0.6) is 0 Å². The molecule has 0 fully saturated rings. The van der Waals surface area contributed by atoms with Gasteiger partial charge in [0.2, 0.25) is 0 Å². The average molecular weight is 610 g/mol. The van der Waals surface area contributed by atoms with E-state index >= 15 is 0 Å². The molecule has 0 spiro atoms. The molecular formula is C38H75NO4. The van der Waals surface area contributed by atoms with E-state index in [9.17, 15) is 9.59 Å². The molecule has 0 N–H and O–H groups in total. The van der Waals surface area contributed by atoms with E-state index in [1.807, 2.05) is 21.0 Å². The van der Waals surface area contributed by atoms with Crippen molar-refractivity contribution in [2.24, 2.45) is 5.92 Å². The highest BCUT2D eigenvalue weighted by Gasteiger charge is 2.20. The molecule has 0 aliphatic carbocycles. The Labute approximate surface area is 269 Å². The Morgan fingerprint density at radius 2 is 0.953 bits per heavy atom. The number of ether oxygens (including phenoxy) is 2. The van der Waals surface area contributed by atoms with Crippen molar-refractivity contribution in [3.8, 4) is 0 Å². The number of unbranched alkanes of at least 4 members (excludes halogenated alkanes) is 21. The van der Waals surface area contributed by atoms with Crippen LogP contribution in [0, 0.1) is 5.92 Å². The molecule has 0 aromatic carbocycles. The van der Waals surface area contributed by atoms with Crippen molar-refractivity contribution in [3.05, 3.63) is 0 Å². The summed E-state index contributed by atoms with van der Waals surface area (Å²) in [5.41, 5.74) is 0. The summed E-state index contributed by atoms with van der Waals surface area (Å²) in [5.74, 6) is -0.410. The van der Waals surface area contributed by atoms with Gasteiger partial charge in [0, 0.05) is 6.42 Å². The van der Waals surface area contributed by atoms with Crippen LogP contribution in [0.1, 0.15) is 194 Å². The molecular weight excluding hydrogens is 534 g/mol. The number of hydrogen-bond acceptors (Lipinski definition) is 5. The Balaban J connectivity index is 4.18. The van der Waals surface area contributed by atoms with Crippen LogP contribution < -0.4 is 0 Å². The molecule has 5 nitrogen and oxygen atoms in total.